The maximum atomic E-state index is 5.91. The first-order valence-electron chi connectivity index (χ1n) is 6.24. The number of nitrogens with two attached hydrogens (primary N) is 1. The third-order valence-electron chi connectivity index (χ3n) is 4.05. The van der Waals surface area contributed by atoms with Gasteiger partial charge in [0.05, 0.1) is 7.11 Å². The van der Waals surface area contributed by atoms with E-state index >= 15 is 0 Å². The minimum Gasteiger partial charge on any atom is -0.497 e. The maximum absolute atomic E-state index is 5.91. The van der Waals surface area contributed by atoms with Crippen molar-refractivity contribution in [1.29, 1.82) is 0 Å². The molecule has 4 heteroatoms. The molecule has 1 aliphatic carbocycles. The molecule has 1 aromatic carbocycles. The molecule has 1 fully saturated rings. The van der Waals surface area contributed by atoms with E-state index in [1.54, 1.807) is 7.11 Å². The Balaban J connectivity index is 0.00000162. The van der Waals surface area contributed by atoms with Crippen molar-refractivity contribution in [3.63, 3.8) is 0 Å². The topological polar surface area (TPSA) is 38.5 Å². The fourth-order valence-electron chi connectivity index (χ4n) is 2.50. The zero-order valence-corrected chi connectivity index (χ0v) is 12.0. The van der Waals surface area contributed by atoms with Gasteiger partial charge < -0.3 is 10.5 Å². The lowest BCUT2D eigenvalue weighted by Gasteiger charge is -2.48. The molecule has 0 saturated heterocycles. The van der Waals surface area contributed by atoms with Crippen LogP contribution in [0, 0.1) is 0 Å². The molecule has 0 radical (unpaired) electrons. The monoisotopic (exact) mass is 270 g/mol. The largest absolute Gasteiger partial charge is 0.497 e. The molecular weight excluding hydrogens is 248 g/mol. The number of ether oxygens (including phenoxy) is 1. The highest BCUT2D eigenvalue weighted by Gasteiger charge is 2.39. The molecule has 18 heavy (non-hydrogen) atoms. The van der Waals surface area contributed by atoms with Crippen LogP contribution in [0.4, 0.5) is 0 Å². The summed E-state index contributed by atoms with van der Waals surface area (Å²) in [6.45, 7) is 1.72. The Kier molecular flexibility index (Phi) is 5.45. The van der Waals surface area contributed by atoms with Crippen molar-refractivity contribution in [3.8, 4) is 5.75 Å². The van der Waals surface area contributed by atoms with Gasteiger partial charge in [0.1, 0.15) is 5.75 Å². The summed E-state index contributed by atoms with van der Waals surface area (Å²) in [7, 11) is 3.87. The van der Waals surface area contributed by atoms with Crippen LogP contribution in [0.2, 0.25) is 0 Å². The minimum absolute atomic E-state index is 0. The summed E-state index contributed by atoms with van der Waals surface area (Å²) in [5.74, 6) is 0.911. The predicted octanol–water partition coefficient (Wildman–Crippen LogP) is 2.43. The number of rotatable bonds is 5. The molecule has 3 nitrogen and oxygen atoms in total. The van der Waals surface area contributed by atoms with Crippen LogP contribution in [0.3, 0.4) is 0 Å². The second kappa shape index (κ2) is 6.41. The van der Waals surface area contributed by atoms with Crippen LogP contribution in [0.5, 0.6) is 5.75 Å². The number of nitrogens with zero attached hydrogens (tertiary/aromatic N) is 1. The Bertz CT molecular complexity index is 357. The first-order chi connectivity index (χ1) is 8.20. The molecule has 0 bridgehead atoms. The van der Waals surface area contributed by atoms with Crippen LogP contribution in [0.15, 0.2) is 24.3 Å². The lowest BCUT2D eigenvalue weighted by atomic mass is 9.75. The molecule has 1 aliphatic rings. The van der Waals surface area contributed by atoms with Gasteiger partial charge in [-0.1, -0.05) is 12.1 Å². The Labute approximate surface area is 116 Å². The van der Waals surface area contributed by atoms with E-state index in [0.717, 1.165) is 18.8 Å². The average Bonchev–Trinajstić information content (AvgIpc) is 2.29. The quantitative estimate of drug-likeness (QED) is 0.893. The Hall–Kier alpha value is -0.770. The van der Waals surface area contributed by atoms with Crippen molar-refractivity contribution in [2.45, 2.75) is 31.3 Å². The molecule has 0 spiro atoms. The maximum Gasteiger partial charge on any atom is 0.118 e. The van der Waals surface area contributed by atoms with E-state index in [2.05, 4.69) is 24.1 Å². The zero-order valence-electron chi connectivity index (χ0n) is 11.2. The number of likely N-dealkylation sites (N-methyl/N-ethyl adjacent to an activating group) is 1. The Morgan fingerprint density at radius 3 is 2.28 bits per heavy atom. The highest BCUT2D eigenvalue weighted by Crippen LogP contribution is 2.36. The first-order valence-corrected chi connectivity index (χ1v) is 6.24. The summed E-state index contributed by atoms with van der Waals surface area (Å²) in [5, 5.41) is 0. The van der Waals surface area contributed by atoms with E-state index in [1.807, 2.05) is 12.1 Å². The van der Waals surface area contributed by atoms with Crippen LogP contribution in [0.1, 0.15) is 24.8 Å². The number of halogens is 1. The summed E-state index contributed by atoms with van der Waals surface area (Å²) >= 11 is 0. The molecule has 2 rings (SSSR count). The lowest BCUT2D eigenvalue weighted by molar-refractivity contribution is 0.0398. The molecule has 0 atom stereocenters. The van der Waals surface area contributed by atoms with Crippen LogP contribution >= 0.6 is 12.4 Å². The second-order valence-electron chi connectivity index (χ2n) is 4.99. The summed E-state index contributed by atoms with van der Waals surface area (Å²) in [5.41, 5.74) is 7.47. The molecular formula is C14H23ClN2O. The molecule has 1 aromatic rings. The number of methoxy groups -OCH3 is 1. The number of hydrogen-bond acceptors (Lipinski definition) is 3. The van der Waals surface area contributed by atoms with E-state index in [0.29, 0.717) is 0 Å². The number of hydrogen-bond donors (Lipinski definition) is 1. The van der Waals surface area contributed by atoms with Gasteiger partial charge in [0.25, 0.3) is 0 Å². The van der Waals surface area contributed by atoms with Crippen molar-refractivity contribution < 1.29 is 4.74 Å². The lowest BCUT2D eigenvalue weighted by Crippen LogP contribution is -2.56. The van der Waals surface area contributed by atoms with E-state index in [1.165, 1.54) is 24.8 Å². The molecule has 0 aliphatic heterocycles. The normalized spacial score (nSPS) is 16.9. The third-order valence-corrected chi connectivity index (χ3v) is 4.05. The fraction of sp³-hybridized carbons (Fsp3) is 0.571. The standard InChI is InChI=1S/C14H22N2O.ClH/c1-16(14(11-15)8-3-9-14)10-12-4-6-13(17-2)7-5-12;/h4-7H,3,8-11,15H2,1-2H3;1H. The van der Waals surface area contributed by atoms with E-state index in [-0.39, 0.29) is 17.9 Å². The molecule has 2 N–H and O–H groups in total. The van der Waals surface area contributed by atoms with Gasteiger partial charge >= 0.3 is 0 Å². The third kappa shape index (κ3) is 2.97. The first kappa shape index (κ1) is 15.3. The molecule has 0 unspecified atom stereocenters. The van der Waals surface area contributed by atoms with E-state index in [9.17, 15) is 0 Å². The van der Waals surface area contributed by atoms with E-state index < -0.39 is 0 Å². The molecule has 0 aromatic heterocycles. The van der Waals surface area contributed by atoms with Gasteiger partial charge in [-0.05, 0) is 44.0 Å². The van der Waals surface area contributed by atoms with E-state index in [4.69, 9.17) is 10.5 Å². The Morgan fingerprint density at radius 1 is 1.28 bits per heavy atom. The minimum atomic E-state index is 0. The van der Waals surface area contributed by atoms with Crippen LogP contribution in [-0.2, 0) is 6.54 Å². The highest BCUT2D eigenvalue weighted by molar-refractivity contribution is 5.85. The SMILES string of the molecule is COc1ccc(CN(C)C2(CN)CCC2)cc1.Cl. The van der Waals surface area contributed by atoms with Gasteiger partial charge in [-0.2, -0.15) is 0 Å². The van der Waals surface area contributed by atoms with Crippen molar-refractivity contribution >= 4 is 12.4 Å². The van der Waals surface area contributed by atoms with Crippen LogP contribution < -0.4 is 10.5 Å². The van der Waals surface area contributed by atoms with Gasteiger partial charge in [-0.25, -0.2) is 0 Å². The van der Waals surface area contributed by atoms with Gasteiger partial charge in [0, 0.05) is 18.6 Å². The summed E-state index contributed by atoms with van der Waals surface area (Å²) in [4.78, 5) is 2.40. The van der Waals surface area contributed by atoms with Crippen LogP contribution in [0.25, 0.3) is 0 Å². The van der Waals surface area contributed by atoms with Crippen molar-refractivity contribution in [1.82, 2.24) is 4.90 Å². The van der Waals surface area contributed by atoms with Crippen molar-refractivity contribution in [3.05, 3.63) is 29.8 Å². The summed E-state index contributed by atoms with van der Waals surface area (Å²) < 4.78 is 5.16. The molecule has 0 amide bonds. The zero-order chi connectivity index (χ0) is 12.3. The molecule has 0 heterocycles. The van der Waals surface area contributed by atoms with Gasteiger partial charge in [0.15, 0.2) is 0 Å². The van der Waals surface area contributed by atoms with Crippen molar-refractivity contribution in [2.75, 3.05) is 20.7 Å². The second-order valence-corrected chi connectivity index (χ2v) is 4.99. The average molecular weight is 271 g/mol. The number of benzene rings is 1. The molecule has 1 saturated carbocycles. The van der Waals surface area contributed by atoms with Gasteiger partial charge in [0.2, 0.25) is 0 Å². The summed E-state index contributed by atoms with van der Waals surface area (Å²) in [6.07, 6.45) is 3.77. The highest BCUT2D eigenvalue weighted by atomic mass is 35.5. The smallest absolute Gasteiger partial charge is 0.118 e. The van der Waals surface area contributed by atoms with Gasteiger partial charge in [-0.15, -0.1) is 12.4 Å². The summed E-state index contributed by atoms with van der Waals surface area (Å²) in [6, 6.07) is 8.27. The predicted molar refractivity (Wildman–Crippen MR) is 77.3 cm³/mol. The Morgan fingerprint density at radius 2 is 1.89 bits per heavy atom. The van der Waals surface area contributed by atoms with Gasteiger partial charge in [-0.3, -0.25) is 4.90 Å². The molecule has 102 valence electrons. The van der Waals surface area contributed by atoms with Crippen molar-refractivity contribution in [2.24, 2.45) is 5.73 Å². The fourth-order valence-corrected chi connectivity index (χ4v) is 2.50. The van der Waals surface area contributed by atoms with Crippen LogP contribution in [-0.4, -0.2) is 31.1 Å².